The Hall–Kier alpha value is -3.48. The summed E-state index contributed by atoms with van der Waals surface area (Å²) in [4.78, 5) is 24.4. The molecule has 2 aliphatic rings. The third kappa shape index (κ3) is 2.80. The summed E-state index contributed by atoms with van der Waals surface area (Å²) in [5.74, 6) is 2.48. The number of fused-ring (bicyclic) bond motifs is 2. The summed E-state index contributed by atoms with van der Waals surface area (Å²) in [5, 5.41) is 6.74. The highest BCUT2D eigenvalue weighted by molar-refractivity contribution is 5.97. The largest absolute Gasteiger partial charge is 0.338 e. The van der Waals surface area contributed by atoms with E-state index in [1.54, 1.807) is 0 Å². The maximum absolute atomic E-state index is 12.7. The van der Waals surface area contributed by atoms with Crippen LogP contribution in [0.25, 0.3) is 27.8 Å². The van der Waals surface area contributed by atoms with Crippen LogP contribution < -0.4 is 0 Å². The number of amides is 1. The number of aryl methyl sites for hydroxylation is 2. The summed E-state index contributed by atoms with van der Waals surface area (Å²) >= 11 is 0. The quantitative estimate of drug-likeness (QED) is 0.489. The van der Waals surface area contributed by atoms with Gasteiger partial charge in [-0.2, -0.15) is 5.10 Å². The van der Waals surface area contributed by atoms with Gasteiger partial charge in [-0.3, -0.25) is 4.79 Å². The Kier molecular flexibility index (Phi) is 4.06. The highest BCUT2D eigenvalue weighted by Gasteiger charge is 2.38. The first-order chi connectivity index (χ1) is 15.4. The fourth-order valence-electron chi connectivity index (χ4n) is 4.80. The topological polar surface area (TPSA) is 68.8 Å². The van der Waals surface area contributed by atoms with E-state index < -0.39 is 0 Å². The summed E-state index contributed by atoms with van der Waals surface area (Å²) in [6.45, 7) is 6.63. The Balaban J connectivity index is 1.52. The van der Waals surface area contributed by atoms with Crippen LogP contribution in [0.5, 0.6) is 0 Å². The van der Waals surface area contributed by atoms with Crippen LogP contribution in [0.4, 0.5) is 0 Å². The molecule has 1 aromatic carbocycles. The minimum atomic E-state index is -0.216. The van der Waals surface area contributed by atoms with Crippen LogP contribution in [0.1, 0.15) is 54.5 Å². The van der Waals surface area contributed by atoms with Gasteiger partial charge in [0.1, 0.15) is 11.9 Å². The van der Waals surface area contributed by atoms with Gasteiger partial charge in [0.05, 0.1) is 23.6 Å². The Morgan fingerprint density at radius 3 is 2.69 bits per heavy atom. The smallest absolute Gasteiger partial charge is 0.245 e. The molecule has 1 saturated carbocycles. The van der Waals surface area contributed by atoms with Crippen LogP contribution in [-0.2, 0) is 11.3 Å². The zero-order valence-electron chi connectivity index (χ0n) is 18.8. The molecule has 0 N–H and O–H groups in total. The lowest BCUT2D eigenvalue weighted by molar-refractivity contribution is -0.135. The Labute approximate surface area is 186 Å². The zero-order valence-corrected chi connectivity index (χ0v) is 18.8. The Morgan fingerprint density at radius 1 is 1.16 bits per heavy atom. The first-order valence-electron chi connectivity index (χ1n) is 11.2. The molecule has 1 aliphatic carbocycles. The molecule has 6 rings (SSSR count). The normalized spacial score (nSPS) is 18.4. The number of likely N-dealkylation sites (N-methyl/N-ethyl adjacent to an activating group) is 1. The number of carbonyl (C=O) groups excluding carboxylic acids is 1. The number of nitrogens with zero attached hydrogens (tertiary/aromatic N) is 6. The van der Waals surface area contributed by atoms with Crippen molar-refractivity contribution in [2.45, 2.75) is 52.1 Å². The number of benzene rings is 1. The molecular formula is C25H26N6O. The molecule has 1 fully saturated rings. The molecule has 0 radical (unpaired) electrons. The van der Waals surface area contributed by atoms with Crippen LogP contribution in [0, 0.1) is 13.8 Å². The van der Waals surface area contributed by atoms with Crippen molar-refractivity contribution in [3.63, 3.8) is 0 Å². The van der Waals surface area contributed by atoms with Gasteiger partial charge in [0.15, 0.2) is 5.82 Å². The number of rotatable bonds is 3. The minimum Gasteiger partial charge on any atom is -0.338 e. The lowest BCUT2D eigenvalue weighted by atomic mass is 10.0. The van der Waals surface area contributed by atoms with Crippen molar-refractivity contribution in [3.8, 4) is 17.1 Å². The van der Waals surface area contributed by atoms with Crippen molar-refractivity contribution in [1.29, 1.82) is 0 Å². The molecule has 0 saturated heterocycles. The average molecular weight is 427 g/mol. The molecule has 4 aromatic rings. The van der Waals surface area contributed by atoms with Crippen molar-refractivity contribution >= 4 is 16.7 Å². The average Bonchev–Trinajstić information content (AvgIpc) is 3.49. The summed E-state index contributed by atoms with van der Waals surface area (Å²) in [6, 6.07) is 8.16. The molecule has 0 spiro atoms. The number of pyridine rings is 1. The molecule has 3 aromatic heterocycles. The van der Waals surface area contributed by atoms with E-state index in [0.29, 0.717) is 12.5 Å². The lowest BCUT2D eigenvalue weighted by Gasteiger charge is -2.31. The van der Waals surface area contributed by atoms with E-state index >= 15 is 0 Å². The second-order valence-corrected chi connectivity index (χ2v) is 9.19. The predicted molar refractivity (Wildman–Crippen MR) is 123 cm³/mol. The van der Waals surface area contributed by atoms with E-state index in [1.165, 1.54) is 0 Å². The van der Waals surface area contributed by atoms with Crippen LogP contribution in [0.2, 0.25) is 0 Å². The van der Waals surface area contributed by atoms with Crippen molar-refractivity contribution in [2.24, 2.45) is 0 Å². The Bertz CT molecular complexity index is 1370. The zero-order chi connectivity index (χ0) is 22.1. The van der Waals surface area contributed by atoms with E-state index in [1.807, 2.05) is 42.9 Å². The van der Waals surface area contributed by atoms with Gasteiger partial charge in [0, 0.05) is 36.3 Å². The van der Waals surface area contributed by atoms with Gasteiger partial charge in [-0.15, -0.1) is 0 Å². The Morgan fingerprint density at radius 2 is 1.97 bits per heavy atom. The van der Waals surface area contributed by atoms with Gasteiger partial charge in [0.25, 0.3) is 0 Å². The molecule has 1 aliphatic heterocycles. The molecule has 162 valence electrons. The van der Waals surface area contributed by atoms with Gasteiger partial charge >= 0.3 is 0 Å². The maximum atomic E-state index is 12.7. The van der Waals surface area contributed by atoms with E-state index in [0.717, 1.165) is 63.5 Å². The standard InChI is InChI=1S/C25H26N6O/c1-14-12-30(28-15(14)2)22-10-18-6-5-7-19(20(18)11-26-22)23-21-13-29(4)25(32)16(3)31(21)24(27-23)17-8-9-17/h5-7,10-12,16-17H,8-9,13H2,1-4H3/t16-/m0/s1. The van der Waals surface area contributed by atoms with E-state index in [2.05, 4.69) is 40.9 Å². The van der Waals surface area contributed by atoms with Gasteiger partial charge < -0.3 is 9.47 Å². The third-order valence-corrected chi connectivity index (χ3v) is 6.87. The van der Waals surface area contributed by atoms with E-state index in [-0.39, 0.29) is 11.9 Å². The number of imidazole rings is 1. The fraction of sp³-hybridized carbons (Fsp3) is 0.360. The molecule has 7 heteroatoms. The minimum absolute atomic E-state index is 0.150. The van der Waals surface area contributed by atoms with Gasteiger partial charge in [-0.05, 0) is 50.6 Å². The van der Waals surface area contributed by atoms with Crippen molar-refractivity contribution in [2.75, 3.05) is 7.05 Å². The molecule has 4 heterocycles. The molecule has 0 bridgehead atoms. The SMILES string of the molecule is Cc1cn(-c2cc3cccc(-c4nc(C5CC5)n5c4CN(C)C(=O)[C@@H]5C)c3cn2)nc1C. The van der Waals surface area contributed by atoms with E-state index in [9.17, 15) is 4.79 Å². The molecular weight excluding hydrogens is 400 g/mol. The first-order valence-corrected chi connectivity index (χ1v) is 11.2. The molecule has 32 heavy (non-hydrogen) atoms. The monoisotopic (exact) mass is 426 g/mol. The van der Waals surface area contributed by atoms with Crippen LogP contribution in [0.3, 0.4) is 0 Å². The van der Waals surface area contributed by atoms with Gasteiger partial charge in [-0.1, -0.05) is 18.2 Å². The number of hydrogen-bond donors (Lipinski definition) is 0. The summed E-state index contributed by atoms with van der Waals surface area (Å²) < 4.78 is 4.04. The second kappa shape index (κ2) is 6.76. The third-order valence-electron chi connectivity index (χ3n) is 6.87. The molecule has 0 unspecified atom stereocenters. The predicted octanol–water partition coefficient (Wildman–Crippen LogP) is 4.31. The van der Waals surface area contributed by atoms with E-state index in [4.69, 9.17) is 9.97 Å². The van der Waals surface area contributed by atoms with Crippen molar-refractivity contribution in [1.82, 2.24) is 29.2 Å². The lowest BCUT2D eigenvalue weighted by Crippen LogP contribution is -2.39. The summed E-state index contributed by atoms with van der Waals surface area (Å²) in [5.41, 5.74) is 5.32. The maximum Gasteiger partial charge on any atom is 0.245 e. The van der Waals surface area contributed by atoms with Crippen LogP contribution >= 0.6 is 0 Å². The second-order valence-electron chi connectivity index (χ2n) is 9.19. The molecule has 7 nitrogen and oxygen atoms in total. The summed E-state index contributed by atoms with van der Waals surface area (Å²) in [7, 11) is 1.88. The number of hydrogen-bond acceptors (Lipinski definition) is 4. The number of aromatic nitrogens is 5. The van der Waals surface area contributed by atoms with Gasteiger partial charge in [0.2, 0.25) is 5.91 Å². The van der Waals surface area contributed by atoms with Crippen molar-refractivity contribution in [3.05, 3.63) is 59.4 Å². The molecule has 1 amide bonds. The van der Waals surface area contributed by atoms with Gasteiger partial charge in [-0.25, -0.2) is 14.6 Å². The fourth-order valence-corrected chi connectivity index (χ4v) is 4.80. The van der Waals surface area contributed by atoms with Crippen LogP contribution in [-0.4, -0.2) is 42.2 Å². The summed E-state index contributed by atoms with van der Waals surface area (Å²) in [6.07, 6.45) is 6.23. The first kappa shape index (κ1) is 19.2. The van der Waals surface area contributed by atoms with Crippen LogP contribution in [0.15, 0.2) is 36.7 Å². The highest BCUT2D eigenvalue weighted by Crippen LogP contribution is 2.44. The number of carbonyl (C=O) groups is 1. The highest BCUT2D eigenvalue weighted by atomic mass is 16.2. The molecule has 1 atom stereocenters. The van der Waals surface area contributed by atoms with Crippen molar-refractivity contribution < 1.29 is 4.79 Å².